The molecule has 0 N–H and O–H groups in total. The summed E-state index contributed by atoms with van der Waals surface area (Å²) in [5, 5.41) is 23.3. The van der Waals surface area contributed by atoms with E-state index in [2.05, 4.69) is 0 Å². The number of pyridine rings is 1. The van der Waals surface area contributed by atoms with E-state index >= 15 is 0 Å². The van der Waals surface area contributed by atoms with Crippen LogP contribution in [-0.4, -0.2) is 9.49 Å². The summed E-state index contributed by atoms with van der Waals surface area (Å²) >= 11 is 0. The highest BCUT2D eigenvalue weighted by atomic mass is 16.6. The standard InChI is InChI=1S/C15H10N2O4/c18-14-11-8-4-5-9-12(11)16(10-6-2-1-3-7-10)15(19)13(14)17(20)21/h1-9,18H/p-1. The van der Waals surface area contributed by atoms with Crippen LogP contribution in [0.4, 0.5) is 5.69 Å². The van der Waals surface area contributed by atoms with E-state index in [1.165, 1.54) is 10.6 Å². The minimum atomic E-state index is -0.933. The SMILES string of the molecule is O=c1c([N+](=O)[O-])c([O-])c2ccccc2n1-c1ccccc1. The van der Waals surface area contributed by atoms with Gasteiger partial charge in [0, 0.05) is 5.69 Å². The first-order valence-electron chi connectivity index (χ1n) is 6.16. The number of aromatic nitrogens is 1. The first-order chi connectivity index (χ1) is 10.1. The van der Waals surface area contributed by atoms with Gasteiger partial charge in [-0.15, -0.1) is 0 Å². The molecule has 0 spiro atoms. The number of benzene rings is 2. The van der Waals surface area contributed by atoms with E-state index in [0.717, 1.165) is 0 Å². The lowest BCUT2D eigenvalue weighted by Gasteiger charge is -2.16. The lowest BCUT2D eigenvalue weighted by Crippen LogP contribution is -2.23. The summed E-state index contributed by atoms with van der Waals surface area (Å²) < 4.78 is 1.19. The van der Waals surface area contributed by atoms with Gasteiger partial charge in [-0.3, -0.25) is 19.5 Å². The van der Waals surface area contributed by atoms with Crippen LogP contribution >= 0.6 is 0 Å². The van der Waals surface area contributed by atoms with E-state index in [0.29, 0.717) is 11.2 Å². The van der Waals surface area contributed by atoms with Crippen molar-refractivity contribution in [1.82, 2.24) is 4.57 Å². The second-order valence-corrected chi connectivity index (χ2v) is 4.43. The number of hydrogen-bond donors (Lipinski definition) is 0. The first-order valence-corrected chi connectivity index (χ1v) is 6.16. The fourth-order valence-corrected chi connectivity index (χ4v) is 2.30. The Morgan fingerprint density at radius 1 is 0.952 bits per heavy atom. The molecule has 0 radical (unpaired) electrons. The van der Waals surface area contributed by atoms with Gasteiger partial charge in [-0.1, -0.05) is 36.4 Å². The predicted molar refractivity (Wildman–Crippen MR) is 75.6 cm³/mol. The largest absolute Gasteiger partial charge is 0.867 e. The molecule has 0 bridgehead atoms. The van der Waals surface area contributed by atoms with Crippen molar-refractivity contribution in [3.8, 4) is 11.4 Å². The van der Waals surface area contributed by atoms with E-state index < -0.39 is 21.9 Å². The minimum absolute atomic E-state index is 0.146. The maximum Gasteiger partial charge on any atom is 0.333 e. The molecule has 3 aromatic rings. The molecule has 21 heavy (non-hydrogen) atoms. The van der Waals surface area contributed by atoms with E-state index in [-0.39, 0.29) is 5.39 Å². The Hall–Kier alpha value is -3.15. The Kier molecular flexibility index (Phi) is 2.91. The highest BCUT2D eigenvalue weighted by molar-refractivity contribution is 5.89. The van der Waals surface area contributed by atoms with Crippen molar-refractivity contribution in [2.45, 2.75) is 0 Å². The molecule has 0 aliphatic carbocycles. The Bertz CT molecular complexity index is 901. The highest BCUT2D eigenvalue weighted by Crippen LogP contribution is 2.29. The van der Waals surface area contributed by atoms with Crippen LogP contribution in [0, 0.1) is 10.1 Å². The van der Waals surface area contributed by atoms with E-state index in [1.807, 2.05) is 0 Å². The zero-order valence-corrected chi connectivity index (χ0v) is 10.7. The third-order valence-corrected chi connectivity index (χ3v) is 3.21. The van der Waals surface area contributed by atoms with Gasteiger partial charge >= 0.3 is 11.2 Å². The van der Waals surface area contributed by atoms with Crippen molar-refractivity contribution in [1.29, 1.82) is 0 Å². The number of nitrogens with zero attached hydrogens (tertiary/aromatic N) is 2. The van der Waals surface area contributed by atoms with Crippen molar-refractivity contribution >= 4 is 16.6 Å². The molecule has 0 amide bonds. The average molecular weight is 281 g/mol. The molecule has 3 rings (SSSR count). The van der Waals surface area contributed by atoms with Gasteiger partial charge in [0.15, 0.2) is 0 Å². The first kappa shape index (κ1) is 12.9. The van der Waals surface area contributed by atoms with Gasteiger partial charge in [0.1, 0.15) is 0 Å². The maximum atomic E-state index is 12.4. The molecule has 6 heteroatoms. The smallest absolute Gasteiger partial charge is 0.333 e. The maximum absolute atomic E-state index is 12.4. The number of nitro groups is 1. The molecule has 0 saturated heterocycles. The summed E-state index contributed by atoms with van der Waals surface area (Å²) in [5.74, 6) is -0.854. The Morgan fingerprint density at radius 3 is 2.24 bits per heavy atom. The van der Waals surface area contributed by atoms with Gasteiger partial charge < -0.3 is 5.11 Å². The zero-order valence-electron chi connectivity index (χ0n) is 10.7. The number of rotatable bonds is 2. The van der Waals surface area contributed by atoms with Crippen molar-refractivity contribution in [3.63, 3.8) is 0 Å². The lowest BCUT2D eigenvalue weighted by atomic mass is 10.1. The second kappa shape index (κ2) is 4.75. The molecule has 104 valence electrons. The Morgan fingerprint density at radius 2 is 1.57 bits per heavy atom. The molecule has 0 unspecified atom stereocenters. The summed E-state index contributed by atoms with van der Waals surface area (Å²) in [6.07, 6.45) is 0. The molecule has 0 fully saturated rings. The molecular formula is C15H9N2O4-. The number of para-hydroxylation sites is 2. The van der Waals surface area contributed by atoms with Gasteiger partial charge in [0.25, 0.3) is 0 Å². The van der Waals surface area contributed by atoms with Gasteiger partial charge in [0.05, 0.1) is 10.4 Å². The molecule has 0 atom stereocenters. The fourth-order valence-electron chi connectivity index (χ4n) is 2.30. The van der Waals surface area contributed by atoms with Crippen LogP contribution in [0.15, 0.2) is 59.4 Å². The van der Waals surface area contributed by atoms with Crippen molar-refractivity contribution in [2.75, 3.05) is 0 Å². The Labute approximate surface area is 118 Å². The topological polar surface area (TPSA) is 88.2 Å². The van der Waals surface area contributed by atoms with Crippen LogP contribution in [0.2, 0.25) is 0 Å². The summed E-state index contributed by atoms with van der Waals surface area (Å²) in [7, 11) is 0. The number of hydrogen-bond acceptors (Lipinski definition) is 4. The summed E-state index contributed by atoms with van der Waals surface area (Å²) in [5.41, 5.74) is -1.03. The van der Waals surface area contributed by atoms with Gasteiger partial charge in [-0.05, 0) is 29.3 Å². The average Bonchev–Trinajstić information content (AvgIpc) is 2.48. The second-order valence-electron chi connectivity index (χ2n) is 4.43. The Balaban J connectivity index is 2.55. The molecule has 1 heterocycles. The van der Waals surface area contributed by atoms with E-state index in [1.54, 1.807) is 48.5 Å². The molecule has 2 aromatic carbocycles. The molecule has 1 aromatic heterocycles. The third kappa shape index (κ3) is 1.93. The summed E-state index contributed by atoms with van der Waals surface area (Å²) in [6, 6.07) is 14.9. The monoisotopic (exact) mass is 281 g/mol. The predicted octanol–water partition coefficient (Wildman–Crippen LogP) is 1.97. The molecule has 0 saturated carbocycles. The van der Waals surface area contributed by atoms with Crippen LogP contribution in [0.1, 0.15) is 0 Å². The van der Waals surface area contributed by atoms with E-state index in [4.69, 9.17) is 0 Å². The fraction of sp³-hybridized carbons (Fsp3) is 0. The van der Waals surface area contributed by atoms with Crippen LogP contribution in [0.5, 0.6) is 5.75 Å². The van der Waals surface area contributed by atoms with Crippen molar-refractivity contribution < 1.29 is 10.0 Å². The zero-order chi connectivity index (χ0) is 15.0. The summed E-state index contributed by atoms with van der Waals surface area (Å²) in [6.45, 7) is 0. The highest BCUT2D eigenvalue weighted by Gasteiger charge is 2.20. The van der Waals surface area contributed by atoms with Gasteiger partial charge in [0.2, 0.25) is 0 Å². The quantitative estimate of drug-likeness (QED) is 0.530. The van der Waals surface area contributed by atoms with Crippen LogP contribution in [-0.2, 0) is 0 Å². The number of fused-ring (bicyclic) bond motifs is 1. The van der Waals surface area contributed by atoms with Gasteiger partial charge in [-0.25, -0.2) is 0 Å². The van der Waals surface area contributed by atoms with Crippen molar-refractivity contribution in [3.05, 3.63) is 75.1 Å². The lowest BCUT2D eigenvalue weighted by molar-refractivity contribution is -0.399. The molecular weight excluding hydrogens is 272 g/mol. The molecule has 0 aliphatic rings. The summed E-state index contributed by atoms with van der Waals surface area (Å²) in [4.78, 5) is 22.5. The molecule has 0 aliphatic heterocycles. The minimum Gasteiger partial charge on any atom is -0.867 e. The van der Waals surface area contributed by atoms with E-state index in [9.17, 15) is 20.0 Å². The van der Waals surface area contributed by atoms with Gasteiger partial charge in [-0.2, -0.15) is 0 Å². The third-order valence-electron chi connectivity index (χ3n) is 3.21. The van der Waals surface area contributed by atoms with Crippen molar-refractivity contribution in [2.24, 2.45) is 0 Å². The molecule has 6 nitrogen and oxygen atoms in total. The normalized spacial score (nSPS) is 10.7. The van der Waals surface area contributed by atoms with Crippen LogP contribution in [0.3, 0.4) is 0 Å². The van der Waals surface area contributed by atoms with Crippen LogP contribution < -0.4 is 10.7 Å². The van der Waals surface area contributed by atoms with Crippen LogP contribution in [0.25, 0.3) is 16.6 Å².